The lowest BCUT2D eigenvalue weighted by Gasteiger charge is -2.08. The van der Waals surface area contributed by atoms with Crippen LogP contribution in [-0.4, -0.2) is 31.0 Å². The lowest BCUT2D eigenvalue weighted by Crippen LogP contribution is -2.02. The quantitative estimate of drug-likeness (QED) is 0.152. The summed E-state index contributed by atoms with van der Waals surface area (Å²) in [5, 5.41) is 39.9. The number of phenolic OH excluding ortho intramolecular Hbond substituents is 1. The smallest absolute Gasteiger partial charge is 0.505 e. The molecular formula is C26H18N4O5. The molecule has 2 heterocycles. The minimum absolute atomic E-state index is 0.119. The van der Waals surface area contributed by atoms with E-state index in [1.807, 2.05) is 30.3 Å². The Morgan fingerprint density at radius 3 is 2.49 bits per heavy atom. The van der Waals surface area contributed by atoms with E-state index in [1.165, 1.54) is 12.1 Å². The van der Waals surface area contributed by atoms with Crippen molar-refractivity contribution in [1.82, 2.24) is 9.55 Å². The summed E-state index contributed by atoms with van der Waals surface area (Å²) in [6.07, 6.45) is 0.198. The van der Waals surface area contributed by atoms with Crippen LogP contribution in [-0.2, 0) is 0 Å². The van der Waals surface area contributed by atoms with Gasteiger partial charge in [0.1, 0.15) is 17.3 Å². The second-order valence-corrected chi connectivity index (χ2v) is 7.48. The van der Waals surface area contributed by atoms with E-state index >= 15 is 0 Å². The number of pyridine rings is 1. The Kier molecular flexibility index (Phi) is 5.56. The summed E-state index contributed by atoms with van der Waals surface area (Å²) in [7, 11) is 0. The van der Waals surface area contributed by atoms with Crippen molar-refractivity contribution in [3.63, 3.8) is 0 Å². The van der Waals surface area contributed by atoms with Gasteiger partial charge in [0, 0.05) is 17.1 Å². The second-order valence-electron chi connectivity index (χ2n) is 7.48. The molecule has 0 spiro atoms. The highest BCUT2D eigenvalue weighted by Crippen LogP contribution is 2.43. The molecule has 0 bridgehead atoms. The number of aromatic hydroxyl groups is 2. The number of phenols is 1. The number of ether oxygens (including phenoxy) is 1. The van der Waals surface area contributed by atoms with Crippen molar-refractivity contribution in [2.75, 3.05) is 0 Å². The van der Waals surface area contributed by atoms with Crippen LogP contribution in [0.5, 0.6) is 17.4 Å². The number of benzene rings is 3. The predicted octanol–water partition coefficient (Wildman–Crippen LogP) is 6.58. The van der Waals surface area contributed by atoms with Crippen LogP contribution in [0, 0.1) is 0 Å². The van der Waals surface area contributed by atoms with Gasteiger partial charge in [-0.05, 0) is 42.0 Å². The summed E-state index contributed by atoms with van der Waals surface area (Å²) in [6.45, 7) is 0. The Bertz CT molecular complexity index is 1580. The van der Waals surface area contributed by atoms with Gasteiger partial charge in [0.05, 0.1) is 5.52 Å². The highest BCUT2D eigenvalue weighted by Gasteiger charge is 2.18. The molecule has 3 N–H and O–H groups in total. The van der Waals surface area contributed by atoms with Gasteiger partial charge in [0.2, 0.25) is 5.88 Å². The van der Waals surface area contributed by atoms with Crippen molar-refractivity contribution in [3.8, 4) is 34.3 Å². The van der Waals surface area contributed by atoms with Crippen LogP contribution in [0.15, 0.2) is 101 Å². The molecular weight excluding hydrogens is 448 g/mol. The lowest BCUT2D eigenvalue weighted by atomic mass is 10.0. The Morgan fingerprint density at radius 1 is 0.886 bits per heavy atom. The number of hydrogen-bond donors (Lipinski definition) is 3. The molecule has 5 rings (SSSR count). The van der Waals surface area contributed by atoms with Gasteiger partial charge >= 0.3 is 6.16 Å². The summed E-state index contributed by atoms with van der Waals surface area (Å²) in [5.41, 5.74) is 2.05. The molecule has 35 heavy (non-hydrogen) atoms. The molecule has 0 unspecified atom stereocenters. The maximum absolute atomic E-state index is 11.0. The van der Waals surface area contributed by atoms with Gasteiger partial charge in [-0.2, -0.15) is 0 Å². The maximum atomic E-state index is 11.0. The molecule has 2 aromatic heterocycles. The van der Waals surface area contributed by atoms with Crippen LogP contribution in [0.4, 0.5) is 16.2 Å². The molecule has 0 saturated heterocycles. The lowest BCUT2D eigenvalue weighted by molar-refractivity contribution is 0.144. The van der Waals surface area contributed by atoms with E-state index in [2.05, 4.69) is 15.2 Å². The fourth-order valence-electron chi connectivity index (χ4n) is 3.80. The zero-order valence-electron chi connectivity index (χ0n) is 18.1. The predicted molar refractivity (Wildman–Crippen MR) is 129 cm³/mol. The molecule has 172 valence electrons. The maximum Gasteiger partial charge on any atom is 0.511 e. The fourth-order valence-corrected chi connectivity index (χ4v) is 3.80. The average molecular weight is 466 g/mol. The number of rotatable bonds is 5. The Labute approximate surface area is 198 Å². The van der Waals surface area contributed by atoms with Gasteiger partial charge in [-0.15, -0.1) is 10.2 Å². The topological polar surface area (TPSA) is 130 Å². The summed E-state index contributed by atoms with van der Waals surface area (Å²) in [6, 6.07) is 23.9. The number of hydrogen-bond acceptors (Lipinski definition) is 7. The highest BCUT2D eigenvalue weighted by atomic mass is 16.7. The number of carboxylic acid groups (broad SMARTS) is 1. The third-order valence-electron chi connectivity index (χ3n) is 5.32. The van der Waals surface area contributed by atoms with Crippen molar-refractivity contribution < 1.29 is 24.9 Å². The minimum atomic E-state index is -1.43. The minimum Gasteiger partial charge on any atom is -0.505 e. The van der Waals surface area contributed by atoms with Crippen molar-refractivity contribution in [2.45, 2.75) is 0 Å². The van der Waals surface area contributed by atoms with Crippen LogP contribution < -0.4 is 4.74 Å². The number of aromatic nitrogens is 2. The van der Waals surface area contributed by atoms with Gasteiger partial charge in [-0.25, -0.2) is 9.78 Å². The van der Waals surface area contributed by atoms with Crippen molar-refractivity contribution in [2.24, 2.45) is 10.2 Å². The van der Waals surface area contributed by atoms with E-state index in [9.17, 15) is 15.0 Å². The zero-order valence-corrected chi connectivity index (χ0v) is 18.1. The van der Waals surface area contributed by atoms with Crippen LogP contribution in [0.25, 0.3) is 27.8 Å². The number of azo groups is 1. The third kappa shape index (κ3) is 4.13. The van der Waals surface area contributed by atoms with E-state index in [-0.39, 0.29) is 28.8 Å². The molecule has 9 nitrogen and oxygen atoms in total. The first-order chi connectivity index (χ1) is 17.0. The molecule has 0 atom stereocenters. The zero-order chi connectivity index (χ0) is 24.4. The first kappa shape index (κ1) is 21.7. The monoisotopic (exact) mass is 466 g/mol. The first-order valence-corrected chi connectivity index (χ1v) is 10.5. The van der Waals surface area contributed by atoms with E-state index in [0.29, 0.717) is 27.8 Å². The van der Waals surface area contributed by atoms with Crippen molar-refractivity contribution in [3.05, 3.63) is 91.1 Å². The van der Waals surface area contributed by atoms with Gasteiger partial charge in [-0.3, -0.25) is 4.57 Å². The number of carbonyl (C=O) groups is 1. The van der Waals surface area contributed by atoms with E-state index in [0.717, 1.165) is 0 Å². The third-order valence-corrected chi connectivity index (χ3v) is 5.32. The van der Waals surface area contributed by atoms with Crippen LogP contribution >= 0.6 is 0 Å². The summed E-state index contributed by atoms with van der Waals surface area (Å²) in [5.74, 6) is 0.351. The van der Waals surface area contributed by atoms with Gasteiger partial charge in [0.25, 0.3) is 0 Å². The first-order valence-electron chi connectivity index (χ1n) is 10.5. The van der Waals surface area contributed by atoms with Gasteiger partial charge < -0.3 is 20.1 Å². The van der Waals surface area contributed by atoms with E-state index in [4.69, 9.17) is 9.84 Å². The molecule has 0 saturated carbocycles. The van der Waals surface area contributed by atoms with Crippen LogP contribution in [0.2, 0.25) is 0 Å². The fraction of sp³-hybridized carbons (Fsp3) is 0. The Morgan fingerprint density at radius 2 is 1.69 bits per heavy atom. The molecule has 5 aromatic rings. The van der Waals surface area contributed by atoms with Crippen LogP contribution in [0.1, 0.15) is 0 Å². The number of para-hydroxylation sites is 2. The summed E-state index contributed by atoms with van der Waals surface area (Å²) in [4.78, 5) is 15.2. The summed E-state index contributed by atoms with van der Waals surface area (Å²) >= 11 is 0. The number of fused-ring (bicyclic) bond motifs is 1. The van der Waals surface area contributed by atoms with E-state index in [1.54, 1.807) is 53.2 Å². The highest BCUT2D eigenvalue weighted by molar-refractivity contribution is 5.96. The van der Waals surface area contributed by atoms with Crippen molar-refractivity contribution >= 4 is 28.4 Å². The normalized spacial score (nSPS) is 11.2. The average Bonchev–Trinajstić information content (AvgIpc) is 3.14. The molecule has 0 aliphatic heterocycles. The Hall–Kier alpha value is -5.18. The molecule has 0 aliphatic carbocycles. The van der Waals surface area contributed by atoms with Crippen molar-refractivity contribution in [1.29, 1.82) is 0 Å². The largest absolute Gasteiger partial charge is 0.511 e. The summed E-state index contributed by atoms with van der Waals surface area (Å²) < 4.78 is 6.28. The van der Waals surface area contributed by atoms with Gasteiger partial charge in [-0.1, -0.05) is 48.5 Å². The Balaban J connectivity index is 1.56. The molecule has 0 fully saturated rings. The van der Waals surface area contributed by atoms with E-state index < -0.39 is 6.16 Å². The van der Waals surface area contributed by atoms with Gasteiger partial charge in [0.15, 0.2) is 11.4 Å². The molecule has 0 aliphatic rings. The molecule has 0 amide bonds. The molecule has 0 radical (unpaired) electrons. The second kappa shape index (κ2) is 8.99. The molecule has 9 heteroatoms. The van der Waals surface area contributed by atoms with Crippen LogP contribution in [0.3, 0.4) is 0 Å². The standard InChI is InChI=1S/C26H18N4O5/c31-24-18(16-7-5-8-17(15-16)35-26(33)34)10-6-11-20(24)28-29-23-19-9-1-2-12-21(19)30(25(23)32)22-13-3-4-14-27-22/h1-15,31-32H,(H,33,34). The SMILES string of the molecule is O=C(O)Oc1cccc(-c2cccc(N=Nc3c(O)n(-c4ccccn4)c4ccccc34)c2O)c1. The number of nitrogens with zero attached hydrogens (tertiary/aromatic N) is 4. The molecule has 3 aromatic carbocycles.